The number of carbonyl (C=O) groups is 2. The second kappa shape index (κ2) is 8.06. The van der Waals surface area contributed by atoms with Crippen LogP contribution in [-0.2, 0) is 6.54 Å². The minimum atomic E-state index is -0.273. The van der Waals surface area contributed by atoms with Gasteiger partial charge >= 0.3 is 0 Å². The highest BCUT2D eigenvalue weighted by Gasteiger charge is 2.23. The number of thiophene rings is 1. The van der Waals surface area contributed by atoms with Crippen LogP contribution in [0.3, 0.4) is 0 Å². The number of imidazole rings is 1. The van der Waals surface area contributed by atoms with Gasteiger partial charge in [0.2, 0.25) is 0 Å². The Morgan fingerprint density at radius 3 is 2.81 bits per heavy atom. The fourth-order valence-electron chi connectivity index (χ4n) is 3.56. The van der Waals surface area contributed by atoms with E-state index in [0.717, 1.165) is 21.3 Å². The minimum Gasteiger partial charge on any atom is -0.375 e. The lowest BCUT2D eigenvalue weighted by Gasteiger charge is -2.07. The summed E-state index contributed by atoms with van der Waals surface area (Å²) in [4.78, 5) is 34.6. The summed E-state index contributed by atoms with van der Waals surface area (Å²) in [6, 6.07) is 11.1. The molecule has 5 rings (SSSR count). The number of nitrogens with two attached hydrogens (primary N) is 1. The molecule has 4 aromatic heterocycles. The molecular formula is C22H18N6O2S2. The second-order valence-corrected chi connectivity index (χ2v) is 8.89. The van der Waals surface area contributed by atoms with Crippen LogP contribution in [0.1, 0.15) is 26.4 Å². The van der Waals surface area contributed by atoms with Gasteiger partial charge in [0.15, 0.2) is 10.8 Å². The number of benzene rings is 1. The highest BCUT2D eigenvalue weighted by atomic mass is 32.1. The molecule has 0 fully saturated rings. The quantitative estimate of drug-likeness (QED) is 0.370. The van der Waals surface area contributed by atoms with E-state index >= 15 is 0 Å². The first kappa shape index (κ1) is 20.2. The predicted octanol–water partition coefficient (Wildman–Crippen LogP) is 3.54. The summed E-state index contributed by atoms with van der Waals surface area (Å²) in [5.41, 5.74) is 10.1. The van der Waals surface area contributed by atoms with Crippen LogP contribution in [0.5, 0.6) is 0 Å². The Bertz CT molecular complexity index is 1470. The molecule has 160 valence electrons. The molecule has 5 aromatic rings. The Balaban J connectivity index is 1.49. The lowest BCUT2D eigenvalue weighted by molar-refractivity contribution is 0.0944. The molecule has 2 amide bonds. The van der Waals surface area contributed by atoms with Gasteiger partial charge in [0, 0.05) is 30.7 Å². The predicted molar refractivity (Wildman–Crippen MR) is 127 cm³/mol. The molecule has 0 spiro atoms. The van der Waals surface area contributed by atoms with E-state index in [1.54, 1.807) is 29.8 Å². The van der Waals surface area contributed by atoms with Crippen molar-refractivity contribution in [3.05, 3.63) is 70.2 Å². The van der Waals surface area contributed by atoms with Crippen LogP contribution < -0.4 is 16.4 Å². The van der Waals surface area contributed by atoms with Crippen LogP contribution >= 0.6 is 22.7 Å². The number of aromatic nitrogens is 3. The summed E-state index contributed by atoms with van der Waals surface area (Å²) in [6.07, 6.45) is 1.74. The van der Waals surface area contributed by atoms with Crippen molar-refractivity contribution in [3.8, 4) is 11.3 Å². The van der Waals surface area contributed by atoms with E-state index in [1.165, 1.54) is 22.7 Å². The molecule has 4 heterocycles. The highest BCUT2D eigenvalue weighted by molar-refractivity contribution is 7.22. The van der Waals surface area contributed by atoms with E-state index in [9.17, 15) is 9.59 Å². The summed E-state index contributed by atoms with van der Waals surface area (Å²) >= 11 is 2.93. The van der Waals surface area contributed by atoms with Crippen LogP contribution in [0, 0.1) is 0 Å². The van der Waals surface area contributed by atoms with Crippen molar-refractivity contribution in [2.24, 2.45) is 0 Å². The summed E-state index contributed by atoms with van der Waals surface area (Å²) in [5.74, 6) is -0.543. The van der Waals surface area contributed by atoms with Crippen molar-refractivity contribution in [1.29, 1.82) is 0 Å². The maximum Gasteiger partial charge on any atom is 0.270 e. The number of anilines is 1. The van der Waals surface area contributed by atoms with E-state index in [0.29, 0.717) is 34.3 Å². The van der Waals surface area contributed by atoms with Gasteiger partial charge in [-0.2, -0.15) is 11.3 Å². The lowest BCUT2D eigenvalue weighted by atomic mass is 10.2. The molecule has 10 heteroatoms. The Hall–Kier alpha value is -3.76. The normalized spacial score (nSPS) is 11.2. The van der Waals surface area contributed by atoms with Crippen molar-refractivity contribution < 1.29 is 9.59 Å². The van der Waals surface area contributed by atoms with Gasteiger partial charge in [-0.15, -0.1) is 0 Å². The molecule has 0 aliphatic carbocycles. The van der Waals surface area contributed by atoms with Gasteiger partial charge in [-0.1, -0.05) is 17.4 Å². The van der Waals surface area contributed by atoms with Crippen molar-refractivity contribution in [3.63, 3.8) is 0 Å². The first-order valence-electron chi connectivity index (χ1n) is 9.74. The van der Waals surface area contributed by atoms with E-state index < -0.39 is 0 Å². The number of fused-ring (bicyclic) bond motifs is 2. The Labute approximate surface area is 190 Å². The van der Waals surface area contributed by atoms with E-state index in [-0.39, 0.29) is 11.8 Å². The van der Waals surface area contributed by atoms with Crippen molar-refractivity contribution in [2.45, 2.75) is 6.54 Å². The Morgan fingerprint density at radius 1 is 1.16 bits per heavy atom. The third-order valence-electron chi connectivity index (χ3n) is 5.05. The molecule has 0 unspecified atom stereocenters. The summed E-state index contributed by atoms with van der Waals surface area (Å²) in [7, 11) is 1.57. The summed E-state index contributed by atoms with van der Waals surface area (Å²) < 4.78 is 2.63. The number of rotatable bonds is 5. The molecule has 4 N–H and O–H groups in total. The fourth-order valence-corrected chi connectivity index (χ4v) is 4.99. The number of amides is 2. The first-order chi connectivity index (χ1) is 15.5. The Morgan fingerprint density at radius 2 is 2.03 bits per heavy atom. The van der Waals surface area contributed by atoms with Crippen LogP contribution in [-0.4, -0.2) is 33.2 Å². The average Bonchev–Trinajstić information content (AvgIpc) is 3.53. The van der Waals surface area contributed by atoms with Gasteiger partial charge < -0.3 is 16.4 Å². The van der Waals surface area contributed by atoms with E-state index in [4.69, 9.17) is 5.73 Å². The zero-order valence-corrected chi connectivity index (χ0v) is 18.6. The van der Waals surface area contributed by atoms with Gasteiger partial charge in [-0.3, -0.25) is 14.0 Å². The third-order valence-corrected chi connectivity index (χ3v) is 6.58. The molecule has 0 aliphatic rings. The van der Waals surface area contributed by atoms with Gasteiger partial charge in [0.05, 0.1) is 15.8 Å². The highest BCUT2D eigenvalue weighted by Crippen LogP contribution is 2.28. The maximum absolute atomic E-state index is 13.1. The van der Waals surface area contributed by atoms with Crippen LogP contribution in [0.25, 0.3) is 27.1 Å². The number of hydrogen-bond acceptors (Lipinski definition) is 7. The smallest absolute Gasteiger partial charge is 0.270 e. The molecule has 0 aliphatic heterocycles. The molecule has 32 heavy (non-hydrogen) atoms. The minimum absolute atomic E-state index is 0.270. The molecule has 8 nitrogen and oxygen atoms in total. The van der Waals surface area contributed by atoms with Gasteiger partial charge in [-0.05, 0) is 41.3 Å². The van der Waals surface area contributed by atoms with Gasteiger partial charge in [-0.25, -0.2) is 9.97 Å². The lowest BCUT2D eigenvalue weighted by Crippen LogP contribution is -2.24. The van der Waals surface area contributed by atoms with Crippen molar-refractivity contribution in [1.82, 2.24) is 25.0 Å². The van der Waals surface area contributed by atoms with Crippen LogP contribution in [0.15, 0.2) is 53.4 Å². The van der Waals surface area contributed by atoms with Crippen molar-refractivity contribution in [2.75, 3.05) is 12.8 Å². The molecular weight excluding hydrogens is 444 g/mol. The largest absolute Gasteiger partial charge is 0.375 e. The monoisotopic (exact) mass is 462 g/mol. The molecule has 0 radical (unpaired) electrons. The standard InChI is InChI=1S/C22H18N6O2S2/c1-24-21(30)18-17(13-6-8-31-11-13)27-19-14(3-2-7-28(18)19)20(29)25-10-12-4-5-15-16(9-12)32-22(23)26-15/h2-9,11H,10H2,1H3,(H2,23,26)(H,24,30)(H,25,29). The number of nitrogens with zero attached hydrogens (tertiary/aromatic N) is 3. The zero-order chi connectivity index (χ0) is 22.2. The SMILES string of the molecule is CNC(=O)c1c(-c2ccsc2)nc2c(C(=O)NCc3ccc4nc(N)sc4c3)cccn12. The number of carbonyl (C=O) groups excluding carboxylic acids is 2. The number of nitrogens with one attached hydrogen (secondary N) is 2. The maximum atomic E-state index is 13.1. The molecule has 0 saturated carbocycles. The van der Waals surface area contributed by atoms with Crippen molar-refractivity contribution >= 4 is 55.5 Å². The first-order valence-corrected chi connectivity index (χ1v) is 11.5. The fraction of sp³-hybridized carbons (Fsp3) is 0.0909. The topological polar surface area (TPSA) is 114 Å². The molecule has 1 aromatic carbocycles. The van der Waals surface area contributed by atoms with Gasteiger partial charge in [0.25, 0.3) is 11.8 Å². The summed E-state index contributed by atoms with van der Waals surface area (Å²) in [5, 5.41) is 9.98. The van der Waals surface area contributed by atoms with E-state index in [1.807, 2.05) is 35.0 Å². The van der Waals surface area contributed by atoms with E-state index in [2.05, 4.69) is 20.6 Å². The summed E-state index contributed by atoms with van der Waals surface area (Å²) in [6.45, 7) is 0.341. The van der Waals surface area contributed by atoms with Crippen LogP contribution in [0.4, 0.5) is 5.13 Å². The molecule has 0 saturated heterocycles. The average molecular weight is 463 g/mol. The number of nitrogen functional groups attached to an aromatic ring is 1. The zero-order valence-electron chi connectivity index (χ0n) is 17.0. The number of pyridine rings is 1. The third kappa shape index (κ3) is 3.49. The second-order valence-electron chi connectivity index (χ2n) is 7.05. The number of hydrogen-bond donors (Lipinski definition) is 3. The molecule has 0 bridgehead atoms. The van der Waals surface area contributed by atoms with Gasteiger partial charge in [0.1, 0.15) is 11.4 Å². The molecule has 0 atom stereocenters. The number of thiazole rings is 1. The Kier molecular flexibility index (Phi) is 5.08. The van der Waals surface area contributed by atoms with Crippen LogP contribution in [0.2, 0.25) is 0 Å².